The summed E-state index contributed by atoms with van der Waals surface area (Å²) in [7, 11) is 0. The molecule has 1 aliphatic heterocycles. The molecule has 0 bridgehead atoms. The molecular formula is C14H13N3O2S. The summed E-state index contributed by atoms with van der Waals surface area (Å²) in [5, 5.41) is 5.33. The van der Waals surface area contributed by atoms with Crippen LogP contribution in [0.15, 0.2) is 41.9 Å². The van der Waals surface area contributed by atoms with E-state index < -0.39 is 6.04 Å². The van der Waals surface area contributed by atoms with Gasteiger partial charge in [0.05, 0.1) is 13.1 Å². The number of nitrogens with zero attached hydrogens (tertiary/aromatic N) is 2. The maximum absolute atomic E-state index is 12.2. The third kappa shape index (κ3) is 2.42. The number of nitrogens with one attached hydrogen (secondary N) is 1. The zero-order chi connectivity index (χ0) is 13.9. The lowest BCUT2D eigenvalue weighted by atomic mass is 10.0. The summed E-state index contributed by atoms with van der Waals surface area (Å²) in [6.45, 7) is 0.414. The van der Waals surface area contributed by atoms with Crippen LogP contribution in [0.5, 0.6) is 0 Å². The zero-order valence-corrected chi connectivity index (χ0v) is 11.5. The molecule has 1 unspecified atom stereocenters. The molecule has 1 N–H and O–H groups in total. The maximum atomic E-state index is 12.2. The maximum Gasteiger partial charge on any atom is 0.247 e. The molecule has 0 saturated carbocycles. The summed E-state index contributed by atoms with van der Waals surface area (Å²) in [5.41, 5.74) is 0.814. The van der Waals surface area contributed by atoms with E-state index in [9.17, 15) is 9.59 Å². The molecule has 1 atom stereocenters. The van der Waals surface area contributed by atoms with E-state index in [0.29, 0.717) is 6.54 Å². The van der Waals surface area contributed by atoms with E-state index in [1.54, 1.807) is 11.1 Å². The number of hydrogen-bond donors (Lipinski definition) is 1. The van der Waals surface area contributed by atoms with Crippen LogP contribution in [-0.2, 0) is 16.1 Å². The fourth-order valence-corrected chi connectivity index (χ4v) is 2.88. The van der Waals surface area contributed by atoms with Crippen LogP contribution < -0.4 is 5.32 Å². The van der Waals surface area contributed by atoms with Crippen LogP contribution in [0.25, 0.3) is 0 Å². The predicted octanol–water partition coefficient (Wildman–Crippen LogP) is 1.34. The highest BCUT2D eigenvalue weighted by atomic mass is 32.1. The van der Waals surface area contributed by atoms with E-state index in [-0.39, 0.29) is 18.4 Å². The molecular weight excluding hydrogens is 274 g/mol. The second-order valence-electron chi connectivity index (χ2n) is 4.48. The van der Waals surface area contributed by atoms with E-state index in [2.05, 4.69) is 10.3 Å². The molecule has 1 aliphatic rings. The Morgan fingerprint density at radius 3 is 2.80 bits per heavy atom. The predicted molar refractivity (Wildman–Crippen MR) is 74.9 cm³/mol. The zero-order valence-electron chi connectivity index (χ0n) is 10.7. The summed E-state index contributed by atoms with van der Waals surface area (Å²) < 4.78 is 0. The van der Waals surface area contributed by atoms with Crippen molar-refractivity contribution in [1.29, 1.82) is 0 Å². The van der Waals surface area contributed by atoms with Crippen molar-refractivity contribution in [3.05, 3.63) is 52.5 Å². The molecule has 6 heteroatoms. The summed E-state index contributed by atoms with van der Waals surface area (Å²) >= 11 is 1.48. The van der Waals surface area contributed by atoms with E-state index >= 15 is 0 Å². The molecule has 0 radical (unpaired) electrons. The molecule has 2 aromatic rings. The first-order valence-corrected chi connectivity index (χ1v) is 7.14. The summed E-state index contributed by atoms with van der Waals surface area (Å²) in [5.74, 6) is -0.235. The lowest BCUT2D eigenvalue weighted by molar-refractivity contribution is -0.146. The van der Waals surface area contributed by atoms with Gasteiger partial charge in [-0.3, -0.25) is 9.59 Å². The molecule has 20 heavy (non-hydrogen) atoms. The fraction of sp³-hybridized carbons (Fsp3) is 0.214. The molecule has 5 nitrogen and oxygen atoms in total. The number of benzene rings is 1. The van der Waals surface area contributed by atoms with Gasteiger partial charge in [-0.05, 0) is 5.56 Å². The second kappa shape index (κ2) is 5.42. The SMILES string of the molecule is O=C1NCC(=O)N(Cc2nccs2)C1c1ccccc1. The molecule has 2 heterocycles. The van der Waals surface area contributed by atoms with Gasteiger partial charge in [0.1, 0.15) is 11.0 Å². The monoisotopic (exact) mass is 287 g/mol. The second-order valence-corrected chi connectivity index (χ2v) is 5.46. The van der Waals surface area contributed by atoms with Gasteiger partial charge in [0, 0.05) is 11.6 Å². The van der Waals surface area contributed by atoms with Crippen molar-refractivity contribution in [3.63, 3.8) is 0 Å². The van der Waals surface area contributed by atoms with Crippen molar-refractivity contribution in [1.82, 2.24) is 15.2 Å². The molecule has 1 aromatic heterocycles. The Kier molecular flexibility index (Phi) is 3.47. The molecule has 0 aliphatic carbocycles. The van der Waals surface area contributed by atoms with Crippen molar-refractivity contribution >= 4 is 23.2 Å². The van der Waals surface area contributed by atoms with Crippen LogP contribution in [0.1, 0.15) is 16.6 Å². The van der Waals surface area contributed by atoms with Crippen LogP contribution in [-0.4, -0.2) is 28.2 Å². The largest absolute Gasteiger partial charge is 0.345 e. The van der Waals surface area contributed by atoms with Crippen LogP contribution in [0.3, 0.4) is 0 Å². The smallest absolute Gasteiger partial charge is 0.247 e. The standard InChI is InChI=1S/C14H13N3O2S/c18-12-8-16-14(19)13(10-4-2-1-3-5-10)17(12)9-11-15-6-7-20-11/h1-7,13H,8-9H2,(H,16,19). The Morgan fingerprint density at radius 1 is 1.30 bits per heavy atom. The number of carbonyl (C=O) groups is 2. The minimum absolute atomic E-state index is 0.0491. The normalized spacial score (nSPS) is 19.0. The molecule has 1 fully saturated rings. The van der Waals surface area contributed by atoms with Gasteiger partial charge in [-0.2, -0.15) is 0 Å². The molecule has 1 aromatic carbocycles. The fourth-order valence-electron chi connectivity index (χ4n) is 2.27. The van der Waals surface area contributed by atoms with Crippen LogP contribution in [0, 0.1) is 0 Å². The minimum atomic E-state index is -0.582. The van der Waals surface area contributed by atoms with Crippen molar-refractivity contribution in [3.8, 4) is 0 Å². The first-order valence-electron chi connectivity index (χ1n) is 6.26. The minimum Gasteiger partial charge on any atom is -0.345 e. The van der Waals surface area contributed by atoms with Crippen molar-refractivity contribution in [2.24, 2.45) is 0 Å². The third-order valence-corrected chi connectivity index (χ3v) is 3.96. The first-order chi connectivity index (χ1) is 9.75. The summed E-state index contributed by atoms with van der Waals surface area (Å²) in [4.78, 5) is 30.1. The van der Waals surface area contributed by atoms with E-state index in [0.717, 1.165) is 10.6 Å². The number of rotatable bonds is 3. The number of carbonyl (C=O) groups excluding carboxylic acids is 2. The van der Waals surface area contributed by atoms with Crippen LogP contribution in [0.4, 0.5) is 0 Å². The first kappa shape index (κ1) is 12.8. The third-order valence-electron chi connectivity index (χ3n) is 3.20. The van der Waals surface area contributed by atoms with E-state index in [1.807, 2.05) is 35.7 Å². The average Bonchev–Trinajstić information content (AvgIpc) is 2.97. The average molecular weight is 287 g/mol. The van der Waals surface area contributed by atoms with Gasteiger partial charge in [-0.1, -0.05) is 30.3 Å². The Bertz CT molecular complexity index is 613. The van der Waals surface area contributed by atoms with Crippen molar-refractivity contribution in [2.45, 2.75) is 12.6 Å². The number of thiazole rings is 1. The van der Waals surface area contributed by atoms with Crippen molar-refractivity contribution < 1.29 is 9.59 Å². The van der Waals surface area contributed by atoms with Crippen LogP contribution >= 0.6 is 11.3 Å². The number of hydrogen-bond acceptors (Lipinski definition) is 4. The summed E-state index contributed by atoms with van der Waals surface area (Å²) in [6.07, 6.45) is 1.70. The number of aromatic nitrogens is 1. The Labute approximate surface area is 120 Å². The molecule has 3 rings (SSSR count). The highest BCUT2D eigenvalue weighted by Gasteiger charge is 2.35. The van der Waals surface area contributed by atoms with Crippen molar-refractivity contribution in [2.75, 3.05) is 6.54 Å². The molecule has 0 spiro atoms. The Morgan fingerprint density at radius 2 is 2.10 bits per heavy atom. The Balaban J connectivity index is 1.93. The van der Waals surface area contributed by atoms with E-state index in [1.165, 1.54) is 11.3 Å². The van der Waals surface area contributed by atoms with Gasteiger partial charge in [0.2, 0.25) is 11.8 Å². The lowest BCUT2D eigenvalue weighted by Crippen LogP contribution is -2.53. The highest BCUT2D eigenvalue weighted by molar-refractivity contribution is 7.09. The topological polar surface area (TPSA) is 62.3 Å². The van der Waals surface area contributed by atoms with Gasteiger partial charge in [-0.25, -0.2) is 4.98 Å². The van der Waals surface area contributed by atoms with Gasteiger partial charge in [0.15, 0.2) is 0 Å². The molecule has 102 valence electrons. The summed E-state index contributed by atoms with van der Waals surface area (Å²) in [6, 6.07) is 8.75. The van der Waals surface area contributed by atoms with Gasteiger partial charge >= 0.3 is 0 Å². The number of amides is 2. The quantitative estimate of drug-likeness (QED) is 0.926. The lowest BCUT2D eigenvalue weighted by Gasteiger charge is -2.34. The Hall–Kier alpha value is -2.21. The molecule has 2 amide bonds. The highest BCUT2D eigenvalue weighted by Crippen LogP contribution is 2.26. The van der Waals surface area contributed by atoms with Gasteiger partial charge in [-0.15, -0.1) is 11.3 Å². The van der Waals surface area contributed by atoms with Gasteiger partial charge in [0.25, 0.3) is 0 Å². The van der Waals surface area contributed by atoms with Gasteiger partial charge < -0.3 is 10.2 Å². The van der Waals surface area contributed by atoms with E-state index in [4.69, 9.17) is 0 Å². The molecule has 1 saturated heterocycles. The van der Waals surface area contributed by atoms with Crippen LogP contribution in [0.2, 0.25) is 0 Å². The number of piperazine rings is 1.